The summed E-state index contributed by atoms with van der Waals surface area (Å²) < 4.78 is 41.8. The van der Waals surface area contributed by atoms with E-state index in [9.17, 15) is 13.2 Å². The second-order valence-electron chi connectivity index (χ2n) is 3.79. The molecule has 0 saturated carbocycles. The monoisotopic (exact) mass is 266 g/mol. The third-order valence-corrected chi connectivity index (χ3v) is 2.72. The molecule has 5 heteroatoms. The number of benzene rings is 1. The highest BCUT2D eigenvalue weighted by Crippen LogP contribution is 2.29. The van der Waals surface area contributed by atoms with E-state index in [1.807, 2.05) is 0 Å². The third kappa shape index (κ3) is 4.96. The van der Waals surface area contributed by atoms with Gasteiger partial charge in [-0.15, -0.1) is 11.6 Å². The van der Waals surface area contributed by atoms with Crippen molar-refractivity contribution in [3.05, 3.63) is 35.4 Å². The third-order valence-electron chi connectivity index (χ3n) is 2.38. The molecule has 0 fully saturated rings. The summed E-state index contributed by atoms with van der Waals surface area (Å²) in [4.78, 5) is 0. The number of alkyl halides is 4. The van der Waals surface area contributed by atoms with E-state index in [0.29, 0.717) is 19.4 Å². The van der Waals surface area contributed by atoms with Crippen molar-refractivity contribution in [3.63, 3.8) is 0 Å². The molecule has 1 atom stereocenters. The van der Waals surface area contributed by atoms with Crippen LogP contribution in [0.5, 0.6) is 0 Å². The predicted molar refractivity (Wildman–Crippen MR) is 61.3 cm³/mol. The summed E-state index contributed by atoms with van der Waals surface area (Å²) in [5, 5.41) is -0.109. The standard InChI is InChI=1S/C12H14ClF3O/c1-17-8-11(13)7-4-9-2-5-10(6-3-9)12(14,15)16/h2-3,5-6,11H,4,7-8H2,1H3. The predicted octanol–water partition coefficient (Wildman–Crippen LogP) is 3.89. The van der Waals surface area contributed by atoms with Gasteiger partial charge in [0.25, 0.3) is 0 Å². The molecule has 1 aromatic carbocycles. The highest BCUT2D eigenvalue weighted by Gasteiger charge is 2.29. The molecule has 0 radical (unpaired) electrons. The van der Waals surface area contributed by atoms with Crippen LogP contribution < -0.4 is 0 Å². The molecule has 1 nitrogen and oxygen atoms in total. The second-order valence-corrected chi connectivity index (χ2v) is 4.40. The van der Waals surface area contributed by atoms with Crippen LogP contribution in [-0.4, -0.2) is 19.1 Å². The highest BCUT2D eigenvalue weighted by molar-refractivity contribution is 6.20. The zero-order valence-electron chi connectivity index (χ0n) is 9.43. The van der Waals surface area contributed by atoms with Gasteiger partial charge in [0, 0.05) is 7.11 Å². The Morgan fingerprint density at radius 1 is 1.24 bits per heavy atom. The van der Waals surface area contributed by atoms with E-state index < -0.39 is 11.7 Å². The van der Waals surface area contributed by atoms with Crippen molar-refractivity contribution in [1.82, 2.24) is 0 Å². The fourth-order valence-electron chi connectivity index (χ4n) is 1.45. The molecular weight excluding hydrogens is 253 g/mol. The Labute approximate surface area is 104 Å². The molecule has 0 aromatic heterocycles. The van der Waals surface area contributed by atoms with Crippen LogP contribution in [0.15, 0.2) is 24.3 Å². The minimum absolute atomic E-state index is 0.109. The first-order chi connectivity index (χ1) is 7.93. The van der Waals surface area contributed by atoms with Crippen LogP contribution in [0.2, 0.25) is 0 Å². The van der Waals surface area contributed by atoms with Gasteiger partial charge in [0.2, 0.25) is 0 Å². The maximum Gasteiger partial charge on any atom is 0.416 e. The summed E-state index contributed by atoms with van der Waals surface area (Å²) in [5.74, 6) is 0. The van der Waals surface area contributed by atoms with E-state index in [1.165, 1.54) is 12.1 Å². The summed E-state index contributed by atoms with van der Waals surface area (Å²) in [6.07, 6.45) is -2.94. The summed E-state index contributed by atoms with van der Waals surface area (Å²) in [5.41, 5.74) is 0.223. The lowest BCUT2D eigenvalue weighted by atomic mass is 10.1. The van der Waals surface area contributed by atoms with Gasteiger partial charge in [-0.25, -0.2) is 0 Å². The quantitative estimate of drug-likeness (QED) is 0.735. The normalized spacial score (nSPS) is 13.7. The van der Waals surface area contributed by atoms with Crippen LogP contribution in [0.4, 0.5) is 13.2 Å². The average Bonchev–Trinajstić information content (AvgIpc) is 2.26. The zero-order chi connectivity index (χ0) is 12.9. The summed E-state index contributed by atoms with van der Waals surface area (Å²) in [7, 11) is 1.56. The second kappa shape index (κ2) is 6.26. The lowest BCUT2D eigenvalue weighted by Crippen LogP contribution is -2.08. The molecule has 0 N–H and O–H groups in total. The Morgan fingerprint density at radius 2 is 1.82 bits per heavy atom. The number of ether oxygens (including phenoxy) is 1. The first kappa shape index (κ1) is 14.3. The molecule has 1 aromatic rings. The number of aryl methyl sites for hydroxylation is 1. The molecule has 1 unspecified atom stereocenters. The summed E-state index contributed by atoms with van der Waals surface area (Å²) in [6, 6.07) is 5.16. The van der Waals surface area contributed by atoms with E-state index in [4.69, 9.17) is 16.3 Å². The van der Waals surface area contributed by atoms with Crippen LogP contribution in [0.25, 0.3) is 0 Å². The van der Waals surface area contributed by atoms with Gasteiger partial charge in [0.15, 0.2) is 0 Å². The summed E-state index contributed by atoms with van der Waals surface area (Å²) in [6.45, 7) is 0.447. The number of hydrogen-bond donors (Lipinski definition) is 0. The molecule has 0 aliphatic carbocycles. The molecule has 0 spiro atoms. The van der Waals surface area contributed by atoms with Crippen molar-refractivity contribution in [2.75, 3.05) is 13.7 Å². The molecule has 1 rings (SSSR count). The Balaban J connectivity index is 2.51. The van der Waals surface area contributed by atoms with E-state index in [-0.39, 0.29) is 5.38 Å². The minimum atomic E-state index is -4.27. The van der Waals surface area contributed by atoms with Gasteiger partial charge in [0.05, 0.1) is 17.5 Å². The highest BCUT2D eigenvalue weighted by atomic mass is 35.5. The minimum Gasteiger partial charge on any atom is -0.383 e. The van der Waals surface area contributed by atoms with Crippen molar-refractivity contribution < 1.29 is 17.9 Å². The van der Waals surface area contributed by atoms with E-state index in [0.717, 1.165) is 17.7 Å². The molecule has 0 bridgehead atoms. The average molecular weight is 267 g/mol. The van der Waals surface area contributed by atoms with Gasteiger partial charge < -0.3 is 4.74 Å². The van der Waals surface area contributed by atoms with Crippen molar-refractivity contribution in [1.29, 1.82) is 0 Å². The first-order valence-corrected chi connectivity index (χ1v) is 5.66. The Bertz CT molecular complexity index is 335. The number of rotatable bonds is 5. The molecular formula is C12H14ClF3O. The number of halogens is 4. The SMILES string of the molecule is COCC(Cl)CCc1ccc(C(F)(F)F)cc1. The van der Waals surface area contributed by atoms with Crippen molar-refractivity contribution in [2.45, 2.75) is 24.4 Å². The molecule has 0 amide bonds. The van der Waals surface area contributed by atoms with Crippen LogP contribution in [-0.2, 0) is 17.3 Å². The lowest BCUT2D eigenvalue weighted by molar-refractivity contribution is -0.137. The topological polar surface area (TPSA) is 9.23 Å². The smallest absolute Gasteiger partial charge is 0.383 e. The molecule has 0 aliphatic heterocycles. The molecule has 0 aliphatic rings. The largest absolute Gasteiger partial charge is 0.416 e. The van der Waals surface area contributed by atoms with Crippen molar-refractivity contribution in [2.24, 2.45) is 0 Å². The van der Waals surface area contributed by atoms with Gasteiger partial charge in [-0.3, -0.25) is 0 Å². The number of hydrogen-bond acceptors (Lipinski definition) is 1. The van der Waals surface area contributed by atoms with E-state index >= 15 is 0 Å². The van der Waals surface area contributed by atoms with Crippen LogP contribution >= 0.6 is 11.6 Å². The fraction of sp³-hybridized carbons (Fsp3) is 0.500. The van der Waals surface area contributed by atoms with Crippen LogP contribution in [0, 0.1) is 0 Å². The van der Waals surface area contributed by atoms with Gasteiger partial charge >= 0.3 is 6.18 Å². The van der Waals surface area contributed by atoms with Gasteiger partial charge in [-0.05, 0) is 30.5 Å². The Hall–Kier alpha value is -0.740. The first-order valence-electron chi connectivity index (χ1n) is 5.22. The lowest BCUT2D eigenvalue weighted by Gasteiger charge is -2.09. The molecule has 0 saturated heterocycles. The van der Waals surface area contributed by atoms with Crippen LogP contribution in [0.1, 0.15) is 17.5 Å². The summed E-state index contributed by atoms with van der Waals surface area (Å²) >= 11 is 5.93. The number of methoxy groups -OCH3 is 1. The molecule has 96 valence electrons. The maximum atomic E-state index is 12.3. The van der Waals surface area contributed by atoms with Gasteiger partial charge in [-0.1, -0.05) is 12.1 Å². The van der Waals surface area contributed by atoms with Gasteiger partial charge in [0.1, 0.15) is 0 Å². The molecule has 17 heavy (non-hydrogen) atoms. The molecule has 0 heterocycles. The Morgan fingerprint density at radius 3 is 2.29 bits per heavy atom. The Kier molecular flexibility index (Phi) is 5.28. The maximum absolute atomic E-state index is 12.3. The van der Waals surface area contributed by atoms with Crippen molar-refractivity contribution >= 4 is 11.6 Å². The fourth-order valence-corrected chi connectivity index (χ4v) is 1.68. The van der Waals surface area contributed by atoms with Gasteiger partial charge in [-0.2, -0.15) is 13.2 Å². The van der Waals surface area contributed by atoms with E-state index in [2.05, 4.69) is 0 Å². The van der Waals surface area contributed by atoms with E-state index in [1.54, 1.807) is 7.11 Å². The van der Waals surface area contributed by atoms with Crippen molar-refractivity contribution in [3.8, 4) is 0 Å². The zero-order valence-corrected chi connectivity index (χ0v) is 10.2. The van der Waals surface area contributed by atoms with Crippen LogP contribution in [0.3, 0.4) is 0 Å².